The smallest absolute Gasteiger partial charge is 0.244 e. The van der Waals surface area contributed by atoms with Crippen LogP contribution in [0.4, 0.5) is 0 Å². The lowest BCUT2D eigenvalue weighted by Crippen LogP contribution is -2.25. The van der Waals surface area contributed by atoms with Crippen LogP contribution in [0.3, 0.4) is 0 Å². The second kappa shape index (κ2) is 6.59. The number of rotatable bonds is 5. The minimum Gasteiger partial charge on any atom is -0.465 e. The van der Waals surface area contributed by atoms with E-state index in [2.05, 4.69) is 24.4 Å². The number of amides is 1. The van der Waals surface area contributed by atoms with Crippen molar-refractivity contribution in [1.82, 2.24) is 5.32 Å². The Morgan fingerprint density at radius 2 is 2.05 bits per heavy atom. The molecular weight excluding hydrogens is 238 g/mol. The van der Waals surface area contributed by atoms with Crippen LogP contribution in [0.15, 0.2) is 59.2 Å². The third kappa shape index (κ3) is 4.14. The molecule has 0 saturated carbocycles. The third-order valence-corrected chi connectivity index (χ3v) is 2.89. The average molecular weight is 255 g/mol. The average Bonchev–Trinajstić information content (AvgIpc) is 2.96. The van der Waals surface area contributed by atoms with Crippen LogP contribution in [-0.4, -0.2) is 12.5 Å². The highest BCUT2D eigenvalue weighted by Crippen LogP contribution is 2.12. The normalized spacial score (nSPS) is 12.5. The number of nitrogens with one attached hydrogen (secondary N) is 1. The van der Waals surface area contributed by atoms with Crippen LogP contribution in [0.2, 0.25) is 0 Å². The van der Waals surface area contributed by atoms with Gasteiger partial charge in [0.05, 0.1) is 6.26 Å². The third-order valence-electron chi connectivity index (χ3n) is 2.89. The molecule has 0 aliphatic heterocycles. The van der Waals surface area contributed by atoms with Gasteiger partial charge in [0.1, 0.15) is 5.76 Å². The molecule has 0 radical (unpaired) electrons. The minimum atomic E-state index is -0.112. The lowest BCUT2D eigenvalue weighted by molar-refractivity contribution is -0.116. The Bertz CT molecular complexity index is 529. The van der Waals surface area contributed by atoms with E-state index in [0.29, 0.717) is 18.2 Å². The van der Waals surface area contributed by atoms with Gasteiger partial charge < -0.3 is 9.73 Å². The van der Waals surface area contributed by atoms with Gasteiger partial charge in [0, 0.05) is 12.6 Å². The van der Waals surface area contributed by atoms with Gasteiger partial charge in [0.2, 0.25) is 5.91 Å². The maximum Gasteiger partial charge on any atom is 0.244 e. The van der Waals surface area contributed by atoms with Crippen molar-refractivity contribution >= 4 is 12.0 Å². The number of furan rings is 1. The fourth-order valence-electron chi connectivity index (χ4n) is 1.76. The van der Waals surface area contributed by atoms with Crippen LogP contribution < -0.4 is 5.32 Å². The molecule has 1 aromatic heterocycles. The molecule has 19 heavy (non-hydrogen) atoms. The first kappa shape index (κ1) is 13.1. The van der Waals surface area contributed by atoms with Crippen molar-refractivity contribution in [3.8, 4) is 0 Å². The predicted molar refractivity (Wildman–Crippen MR) is 75.6 cm³/mol. The van der Waals surface area contributed by atoms with E-state index in [1.807, 2.05) is 18.2 Å². The van der Waals surface area contributed by atoms with E-state index < -0.39 is 0 Å². The molecule has 1 atom stereocenters. The maximum atomic E-state index is 11.6. The van der Waals surface area contributed by atoms with Crippen LogP contribution in [0.25, 0.3) is 6.08 Å². The second-order valence-corrected chi connectivity index (χ2v) is 4.41. The Morgan fingerprint density at radius 1 is 1.26 bits per heavy atom. The van der Waals surface area contributed by atoms with Crippen molar-refractivity contribution < 1.29 is 9.21 Å². The Balaban J connectivity index is 1.81. The van der Waals surface area contributed by atoms with Gasteiger partial charge in [-0.1, -0.05) is 37.3 Å². The van der Waals surface area contributed by atoms with Gasteiger partial charge in [-0.3, -0.25) is 4.79 Å². The first-order valence-electron chi connectivity index (χ1n) is 6.30. The summed E-state index contributed by atoms with van der Waals surface area (Å²) >= 11 is 0. The van der Waals surface area contributed by atoms with Crippen molar-refractivity contribution in [2.45, 2.75) is 12.8 Å². The van der Waals surface area contributed by atoms with Crippen LogP contribution in [-0.2, 0) is 4.79 Å². The van der Waals surface area contributed by atoms with Crippen molar-refractivity contribution in [2.24, 2.45) is 0 Å². The zero-order valence-electron chi connectivity index (χ0n) is 10.9. The molecule has 1 N–H and O–H groups in total. The molecule has 3 heteroatoms. The number of carbonyl (C=O) groups excluding carboxylic acids is 1. The van der Waals surface area contributed by atoms with Crippen molar-refractivity contribution in [2.75, 3.05) is 6.54 Å². The SMILES string of the molecule is CC(CNC(=O)/C=C/c1ccco1)c1ccccc1. The highest BCUT2D eigenvalue weighted by molar-refractivity contribution is 5.91. The van der Waals surface area contributed by atoms with E-state index in [0.717, 1.165) is 0 Å². The summed E-state index contributed by atoms with van der Waals surface area (Å²) in [6, 6.07) is 13.7. The summed E-state index contributed by atoms with van der Waals surface area (Å²) in [5.74, 6) is 0.854. The fraction of sp³-hybridized carbons (Fsp3) is 0.188. The Labute approximate surface area is 112 Å². The highest BCUT2D eigenvalue weighted by Gasteiger charge is 2.05. The van der Waals surface area contributed by atoms with Gasteiger partial charge in [0.25, 0.3) is 0 Å². The molecule has 0 bridgehead atoms. The first-order valence-corrected chi connectivity index (χ1v) is 6.30. The zero-order chi connectivity index (χ0) is 13.5. The quantitative estimate of drug-likeness (QED) is 0.833. The molecule has 0 fully saturated rings. The number of benzene rings is 1. The molecule has 2 aromatic rings. The summed E-state index contributed by atoms with van der Waals surface area (Å²) in [6.45, 7) is 2.71. The molecule has 0 aliphatic carbocycles. The predicted octanol–water partition coefficient (Wildman–Crippen LogP) is 3.21. The number of hydrogen-bond acceptors (Lipinski definition) is 2. The molecule has 98 valence electrons. The van der Waals surface area contributed by atoms with E-state index >= 15 is 0 Å². The highest BCUT2D eigenvalue weighted by atomic mass is 16.3. The van der Waals surface area contributed by atoms with Gasteiger partial charge in [0.15, 0.2) is 0 Å². The van der Waals surface area contributed by atoms with E-state index in [4.69, 9.17) is 4.42 Å². The van der Waals surface area contributed by atoms with Crippen LogP contribution in [0.5, 0.6) is 0 Å². The lowest BCUT2D eigenvalue weighted by atomic mass is 10.0. The number of carbonyl (C=O) groups is 1. The summed E-state index contributed by atoms with van der Waals surface area (Å²) in [5.41, 5.74) is 1.22. The van der Waals surface area contributed by atoms with Gasteiger partial charge in [-0.2, -0.15) is 0 Å². The topological polar surface area (TPSA) is 42.2 Å². The van der Waals surface area contributed by atoms with Crippen molar-refractivity contribution in [3.63, 3.8) is 0 Å². The summed E-state index contributed by atoms with van der Waals surface area (Å²) < 4.78 is 5.11. The summed E-state index contributed by atoms with van der Waals surface area (Å²) in [7, 11) is 0. The van der Waals surface area contributed by atoms with E-state index in [1.165, 1.54) is 11.6 Å². The lowest BCUT2D eigenvalue weighted by Gasteiger charge is -2.11. The monoisotopic (exact) mass is 255 g/mol. The van der Waals surface area contributed by atoms with Gasteiger partial charge in [-0.15, -0.1) is 0 Å². The molecule has 1 amide bonds. The maximum absolute atomic E-state index is 11.6. The number of hydrogen-bond donors (Lipinski definition) is 1. The largest absolute Gasteiger partial charge is 0.465 e. The Morgan fingerprint density at radius 3 is 2.74 bits per heavy atom. The standard InChI is InChI=1S/C16H17NO2/c1-13(14-6-3-2-4-7-14)12-17-16(18)10-9-15-8-5-11-19-15/h2-11,13H,12H2,1H3,(H,17,18)/b10-9+. The van der Waals surface area contributed by atoms with E-state index in [1.54, 1.807) is 24.5 Å². The van der Waals surface area contributed by atoms with Crippen molar-refractivity contribution in [3.05, 3.63) is 66.1 Å². The van der Waals surface area contributed by atoms with Gasteiger partial charge in [-0.25, -0.2) is 0 Å². The summed E-state index contributed by atoms with van der Waals surface area (Å²) in [4.78, 5) is 11.6. The van der Waals surface area contributed by atoms with E-state index in [-0.39, 0.29) is 5.91 Å². The van der Waals surface area contributed by atoms with Gasteiger partial charge in [-0.05, 0) is 29.7 Å². The molecular formula is C16H17NO2. The summed E-state index contributed by atoms with van der Waals surface area (Å²) in [5, 5.41) is 2.88. The zero-order valence-corrected chi connectivity index (χ0v) is 10.9. The minimum absolute atomic E-state index is 0.112. The molecule has 0 spiro atoms. The molecule has 1 heterocycles. The van der Waals surface area contributed by atoms with Crippen LogP contribution >= 0.6 is 0 Å². The van der Waals surface area contributed by atoms with Crippen LogP contribution in [0.1, 0.15) is 24.2 Å². The molecule has 2 rings (SSSR count). The van der Waals surface area contributed by atoms with Crippen molar-refractivity contribution in [1.29, 1.82) is 0 Å². The molecule has 3 nitrogen and oxygen atoms in total. The molecule has 1 unspecified atom stereocenters. The van der Waals surface area contributed by atoms with E-state index in [9.17, 15) is 4.79 Å². The molecule has 1 aromatic carbocycles. The molecule has 0 aliphatic rings. The molecule has 0 saturated heterocycles. The van der Waals surface area contributed by atoms with Crippen LogP contribution in [0, 0.1) is 0 Å². The Hall–Kier alpha value is -2.29. The Kier molecular flexibility index (Phi) is 4.56. The second-order valence-electron chi connectivity index (χ2n) is 4.41. The fourth-order valence-corrected chi connectivity index (χ4v) is 1.76. The van der Waals surface area contributed by atoms with Gasteiger partial charge >= 0.3 is 0 Å². The summed E-state index contributed by atoms with van der Waals surface area (Å²) in [6.07, 6.45) is 4.72. The first-order chi connectivity index (χ1) is 9.25.